The second-order valence-electron chi connectivity index (χ2n) is 3.14. The zero-order valence-corrected chi connectivity index (χ0v) is 8.92. The van der Waals surface area contributed by atoms with Gasteiger partial charge in [-0.3, -0.25) is 0 Å². The van der Waals surface area contributed by atoms with Crippen LogP contribution < -0.4 is 0 Å². The molecule has 76 valence electrons. The molecule has 1 aliphatic rings. The number of hydrogen-bond donors (Lipinski definition) is 0. The number of alkyl halides is 2. The lowest BCUT2D eigenvalue weighted by molar-refractivity contribution is -0.172. The summed E-state index contributed by atoms with van der Waals surface area (Å²) < 4.78 is 3.32. The van der Waals surface area contributed by atoms with E-state index in [4.69, 9.17) is 33.2 Å². The summed E-state index contributed by atoms with van der Waals surface area (Å²) in [6, 6.07) is 8.54. The Morgan fingerprint density at radius 3 is 2.33 bits per heavy atom. The van der Waals surface area contributed by atoms with Crippen molar-refractivity contribution < 1.29 is 9.53 Å². The summed E-state index contributed by atoms with van der Waals surface area (Å²) in [4.78, 5) is 10.9. The van der Waals surface area contributed by atoms with Gasteiger partial charge in [-0.05, 0) is 17.7 Å². The van der Waals surface area contributed by atoms with Crippen molar-refractivity contribution in [1.29, 1.82) is 5.26 Å². The van der Waals surface area contributed by atoms with Crippen LogP contribution in [0.1, 0.15) is 17.2 Å². The highest BCUT2D eigenvalue weighted by Crippen LogP contribution is 2.48. The number of ether oxygens (including phenoxy) is 1. The van der Waals surface area contributed by atoms with Gasteiger partial charge in [0.25, 0.3) is 4.33 Å². The quantitative estimate of drug-likeness (QED) is 0.560. The van der Waals surface area contributed by atoms with Crippen molar-refractivity contribution >= 4 is 29.2 Å². The monoisotopic (exact) mass is 241 g/mol. The Balaban J connectivity index is 2.26. The lowest BCUT2D eigenvalue weighted by atomic mass is 10.0. The van der Waals surface area contributed by atoms with Crippen LogP contribution in [0.4, 0.5) is 0 Å². The van der Waals surface area contributed by atoms with Crippen molar-refractivity contribution in [3.63, 3.8) is 0 Å². The van der Waals surface area contributed by atoms with Crippen LogP contribution in [-0.4, -0.2) is 10.3 Å². The molecule has 5 heteroatoms. The molecule has 0 N–H and O–H groups in total. The number of carbonyl (C=O) groups is 1. The molecule has 0 aromatic heterocycles. The highest BCUT2D eigenvalue weighted by molar-refractivity contribution is 6.59. The third kappa shape index (κ3) is 1.56. The number of hydrogen-bond acceptors (Lipinski definition) is 3. The Hall–Kier alpha value is -1.24. The molecule has 1 aliphatic heterocycles. The molecule has 15 heavy (non-hydrogen) atoms. The number of benzene rings is 1. The van der Waals surface area contributed by atoms with Crippen LogP contribution >= 0.6 is 23.2 Å². The van der Waals surface area contributed by atoms with Gasteiger partial charge < -0.3 is 4.74 Å². The average Bonchev–Trinajstić information content (AvgIpc) is 2.26. The fourth-order valence-corrected chi connectivity index (χ4v) is 1.75. The molecule has 0 bridgehead atoms. The number of carbonyl (C=O) groups excluding carboxylic acids is 1. The summed E-state index contributed by atoms with van der Waals surface area (Å²) in [7, 11) is 0. The summed E-state index contributed by atoms with van der Waals surface area (Å²) in [6.07, 6.45) is -0.652. The summed E-state index contributed by atoms with van der Waals surface area (Å²) in [5.74, 6) is -0.639. The minimum Gasteiger partial charge on any atom is -0.451 e. The summed E-state index contributed by atoms with van der Waals surface area (Å²) >= 11 is 11.5. The Morgan fingerprint density at radius 2 is 1.93 bits per heavy atom. The van der Waals surface area contributed by atoms with Gasteiger partial charge in [0.15, 0.2) is 6.10 Å². The zero-order chi connectivity index (χ0) is 11.1. The predicted octanol–water partition coefficient (Wildman–Crippen LogP) is 2.33. The van der Waals surface area contributed by atoms with Crippen LogP contribution in [0.2, 0.25) is 0 Å². The fraction of sp³-hybridized carbons (Fsp3) is 0.200. The van der Waals surface area contributed by atoms with Crippen molar-refractivity contribution in [3.8, 4) is 6.07 Å². The molecule has 0 radical (unpaired) electrons. The second-order valence-corrected chi connectivity index (χ2v) is 4.53. The topological polar surface area (TPSA) is 50.1 Å². The minimum atomic E-state index is -1.51. The molecular weight excluding hydrogens is 237 g/mol. The van der Waals surface area contributed by atoms with E-state index in [2.05, 4.69) is 0 Å². The maximum absolute atomic E-state index is 10.9. The van der Waals surface area contributed by atoms with Gasteiger partial charge in [-0.15, -0.1) is 0 Å². The second kappa shape index (κ2) is 3.41. The van der Waals surface area contributed by atoms with Crippen LogP contribution in [0.3, 0.4) is 0 Å². The zero-order valence-electron chi connectivity index (χ0n) is 7.41. The first-order valence-electron chi connectivity index (χ1n) is 4.14. The summed E-state index contributed by atoms with van der Waals surface area (Å²) in [6.45, 7) is 0. The van der Waals surface area contributed by atoms with E-state index in [0.29, 0.717) is 11.1 Å². The lowest BCUT2D eigenvalue weighted by Crippen LogP contribution is -2.48. The third-order valence-corrected chi connectivity index (χ3v) is 2.87. The first-order chi connectivity index (χ1) is 7.05. The van der Waals surface area contributed by atoms with Crippen LogP contribution in [-0.2, 0) is 9.53 Å². The molecule has 1 heterocycles. The van der Waals surface area contributed by atoms with Gasteiger partial charge in [0.1, 0.15) is 0 Å². The summed E-state index contributed by atoms with van der Waals surface area (Å²) in [5, 5.41) is 8.60. The molecule has 2 rings (SSSR count). The molecule has 0 unspecified atom stereocenters. The van der Waals surface area contributed by atoms with Gasteiger partial charge >= 0.3 is 5.97 Å². The van der Waals surface area contributed by atoms with Crippen molar-refractivity contribution in [2.45, 2.75) is 10.4 Å². The fourth-order valence-electron chi connectivity index (χ4n) is 1.32. The molecule has 0 saturated carbocycles. The predicted molar refractivity (Wildman–Crippen MR) is 54.4 cm³/mol. The van der Waals surface area contributed by atoms with Gasteiger partial charge in [-0.1, -0.05) is 35.3 Å². The van der Waals surface area contributed by atoms with Gasteiger partial charge in [0, 0.05) is 0 Å². The SMILES string of the molecule is N#Cc1ccc([C@@H]2OC(=O)C2(Cl)Cl)cc1. The van der Waals surface area contributed by atoms with Gasteiger partial charge in [0.05, 0.1) is 11.6 Å². The Bertz CT molecular complexity index is 447. The van der Waals surface area contributed by atoms with Crippen LogP contribution in [0, 0.1) is 11.3 Å². The van der Waals surface area contributed by atoms with E-state index in [1.54, 1.807) is 24.3 Å². The molecule has 3 nitrogen and oxygen atoms in total. The largest absolute Gasteiger partial charge is 0.451 e. The Labute approximate surface area is 96.2 Å². The van der Waals surface area contributed by atoms with E-state index in [0.717, 1.165) is 0 Å². The lowest BCUT2D eigenvalue weighted by Gasteiger charge is -2.37. The number of rotatable bonds is 1. The van der Waals surface area contributed by atoms with E-state index in [1.165, 1.54) is 0 Å². The molecule has 0 amide bonds. The van der Waals surface area contributed by atoms with E-state index in [1.807, 2.05) is 6.07 Å². The smallest absolute Gasteiger partial charge is 0.347 e. The standard InChI is InChI=1S/C10H5Cl2NO2/c11-10(12)8(15-9(10)14)7-3-1-6(5-13)2-4-7/h1-4,8H/t8-/m0/s1. The van der Waals surface area contributed by atoms with Crippen molar-refractivity contribution in [2.24, 2.45) is 0 Å². The summed E-state index contributed by atoms with van der Waals surface area (Å²) in [5.41, 5.74) is 1.21. The van der Waals surface area contributed by atoms with Crippen molar-refractivity contribution in [1.82, 2.24) is 0 Å². The van der Waals surface area contributed by atoms with Crippen LogP contribution in [0.15, 0.2) is 24.3 Å². The third-order valence-electron chi connectivity index (χ3n) is 2.17. The van der Waals surface area contributed by atoms with Gasteiger partial charge in [-0.25, -0.2) is 4.79 Å². The normalized spacial score (nSPS) is 22.5. The Kier molecular flexibility index (Phi) is 2.34. The number of nitrogens with zero attached hydrogens (tertiary/aromatic N) is 1. The molecule has 0 aliphatic carbocycles. The van der Waals surface area contributed by atoms with E-state index in [-0.39, 0.29) is 0 Å². The highest BCUT2D eigenvalue weighted by Gasteiger charge is 2.56. The van der Waals surface area contributed by atoms with E-state index < -0.39 is 16.4 Å². The molecule has 1 fully saturated rings. The molecule has 0 spiro atoms. The molecule has 1 aromatic rings. The highest BCUT2D eigenvalue weighted by atomic mass is 35.5. The first-order valence-corrected chi connectivity index (χ1v) is 4.90. The maximum atomic E-state index is 10.9. The van der Waals surface area contributed by atoms with Gasteiger partial charge in [-0.2, -0.15) is 5.26 Å². The van der Waals surface area contributed by atoms with Gasteiger partial charge in [0.2, 0.25) is 0 Å². The van der Waals surface area contributed by atoms with Crippen LogP contribution in [0.5, 0.6) is 0 Å². The number of halogens is 2. The first kappa shape index (κ1) is 10.3. The molecule has 1 saturated heterocycles. The number of nitriles is 1. The van der Waals surface area contributed by atoms with Crippen molar-refractivity contribution in [3.05, 3.63) is 35.4 Å². The van der Waals surface area contributed by atoms with Crippen LogP contribution in [0.25, 0.3) is 0 Å². The molecular formula is C10H5Cl2NO2. The Morgan fingerprint density at radius 1 is 1.33 bits per heavy atom. The molecule has 1 aromatic carbocycles. The van der Waals surface area contributed by atoms with E-state index in [9.17, 15) is 4.79 Å². The van der Waals surface area contributed by atoms with E-state index >= 15 is 0 Å². The minimum absolute atomic E-state index is 0.527. The number of esters is 1. The number of cyclic esters (lactones) is 1. The maximum Gasteiger partial charge on any atom is 0.347 e. The molecule has 1 atom stereocenters. The van der Waals surface area contributed by atoms with Crippen molar-refractivity contribution in [2.75, 3.05) is 0 Å². The average molecular weight is 242 g/mol.